The topological polar surface area (TPSA) is 71.7 Å². The molecular formula is C18H26N4O2. The number of nitrogens with one attached hydrogen (secondary N) is 2. The van der Waals surface area contributed by atoms with Crippen molar-refractivity contribution in [1.29, 1.82) is 0 Å². The number of hydrogen-bond donors (Lipinski definition) is 2. The SMILES string of the molecule is CCNC(=NCc1cccc(OCC)c1)NCc1nc(C)c(C)o1. The van der Waals surface area contributed by atoms with Gasteiger partial charge in [-0.2, -0.15) is 0 Å². The van der Waals surface area contributed by atoms with Gasteiger partial charge in [-0.1, -0.05) is 12.1 Å². The molecule has 2 N–H and O–H groups in total. The summed E-state index contributed by atoms with van der Waals surface area (Å²) in [5.74, 6) is 3.11. The fourth-order valence-electron chi connectivity index (χ4n) is 2.19. The molecule has 1 aromatic carbocycles. The molecule has 0 radical (unpaired) electrons. The highest BCUT2D eigenvalue weighted by Crippen LogP contribution is 2.14. The zero-order valence-corrected chi connectivity index (χ0v) is 14.8. The molecule has 0 saturated carbocycles. The average Bonchev–Trinajstić information content (AvgIpc) is 2.89. The third-order valence-electron chi connectivity index (χ3n) is 3.45. The van der Waals surface area contributed by atoms with E-state index in [1.54, 1.807) is 0 Å². The molecule has 24 heavy (non-hydrogen) atoms. The van der Waals surface area contributed by atoms with E-state index in [1.165, 1.54) is 0 Å². The summed E-state index contributed by atoms with van der Waals surface area (Å²) in [6.45, 7) is 10.4. The Kier molecular flexibility index (Phi) is 6.66. The lowest BCUT2D eigenvalue weighted by Gasteiger charge is -2.10. The van der Waals surface area contributed by atoms with Gasteiger partial charge in [-0.15, -0.1) is 0 Å². The van der Waals surface area contributed by atoms with Crippen LogP contribution >= 0.6 is 0 Å². The van der Waals surface area contributed by atoms with Crippen LogP contribution in [0, 0.1) is 13.8 Å². The zero-order chi connectivity index (χ0) is 17.4. The third-order valence-corrected chi connectivity index (χ3v) is 3.45. The largest absolute Gasteiger partial charge is 0.494 e. The minimum atomic E-state index is 0.500. The molecule has 0 aliphatic heterocycles. The maximum atomic E-state index is 5.58. The van der Waals surface area contributed by atoms with Crippen LogP contribution in [-0.4, -0.2) is 24.1 Å². The predicted molar refractivity (Wildman–Crippen MR) is 95.2 cm³/mol. The van der Waals surface area contributed by atoms with Gasteiger partial charge in [0.05, 0.1) is 25.4 Å². The van der Waals surface area contributed by atoms with Gasteiger partial charge in [0.25, 0.3) is 0 Å². The van der Waals surface area contributed by atoms with Crippen molar-refractivity contribution in [3.63, 3.8) is 0 Å². The quantitative estimate of drug-likeness (QED) is 0.603. The van der Waals surface area contributed by atoms with Gasteiger partial charge in [-0.05, 0) is 45.4 Å². The standard InChI is InChI=1S/C18H26N4O2/c1-5-19-18(21-12-17-22-13(3)14(4)24-17)20-11-15-8-7-9-16(10-15)23-6-2/h7-10H,5-6,11-12H2,1-4H3,(H2,19,20,21). The summed E-state index contributed by atoms with van der Waals surface area (Å²) in [5.41, 5.74) is 2.02. The van der Waals surface area contributed by atoms with E-state index in [4.69, 9.17) is 9.15 Å². The van der Waals surface area contributed by atoms with Crippen molar-refractivity contribution in [1.82, 2.24) is 15.6 Å². The van der Waals surface area contributed by atoms with Crippen molar-refractivity contribution in [2.45, 2.75) is 40.8 Å². The average molecular weight is 330 g/mol. The van der Waals surface area contributed by atoms with Crippen LogP contribution in [0.5, 0.6) is 5.75 Å². The number of nitrogens with zero attached hydrogens (tertiary/aromatic N) is 2. The second kappa shape index (κ2) is 8.96. The highest BCUT2D eigenvalue weighted by Gasteiger charge is 2.06. The van der Waals surface area contributed by atoms with Gasteiger partial charge in [0.1, 0.15) is 11.5 Å². The summed E-state index contributed by atoms with van der Waals surface area (Å²) in [6, 6.07) is 7.98. The van der Waals surface area contributed by atoms with Gasteiger partial charge in [0.15, 0.2) is 5.96 Å². The Morgan fingerprint density at radius 1 is 1.25 bits per heavy atom. The fraction of sp³-hybridized carbons (Fsp3) is 0.444. The van der Waals surface area contributed by atoms with Crippen LogP contribution in [0.2, 0.25) is 0 Å². The third kappa shape index (κ3) is 5.30. The highest BCUT2D eigenvalue weighted by molar-refractivity contribution is 5.79. The van der Waals surface area contributed by atoms with E-state index in [2.05, 4.69) is 20.6 Å². The minimum Gasteiger partial charge on any atom is -0.494 e. The summed E-state index contributed by atoms with van der Waals surface area (Å²) in [6.07, 6.45) is 0. The van der Waals surface area contributed by atoms with E-state index >= 15 is 0 Å². The number of guanidine groups is 1. The van der Waals surface area contributed by atoms with Crippen LogP contribution < -0.4 is 15.4 Å². The predicted octanol–water partition coefficient (Wildman–Crippen LogP) is 2.95. The molecule has 0 fully saturated rings. The van der Waals surface area contributed by atoms with E-state index in [0.29, 0.717) is 25.6 Å². The Balaban J connectivity index is 1.98. The van der Waals surface area contributed by atoms with Crippen molar-refractivity contribution in [2.24, 2.45) is 4.99 Å². The Labute approximate surface area is 143 Å². The summed E-state index contributed by atoms with van der Waals surface area (Å²) in [4.78, 5) is 8.96. The monoisotopic (exact) mass is 330 g/mol. The first-order chi connectivity index (χ1) is 11.6. The van der Waals surface area contributed by atoms with E-state index < -0.39 is 0 Å². The number of ether oxygens (including phenoxy) is 1. The van der Waals surface area contributed by atoms with Crippen LogP contribution in [0.15, 0.2) is 33.7 Å². The molecule has 0 aliphatic carbocycles. The highest BCUT2D eigenvalue weighted by atomic mass is 16.5. The normalized spacial score (nSPS) is 11.4. The lowest BCUT2D eigenvalue weighted by molar-refractivity contribution is 0.340. The summed E-state index contributed by atoms with van der Waals surface area (Å²) in [7, 11) is 0. The molecule has 0 bridgehead atoms. The second-order valence-electron chi connectivity index (χ2n) is 5.38. The van der Waals surface area contributed by atoms with Crippen LogP contribution in [-0.2, 0) is 13.1 Å². The molecule has 0 amide bonds. The van der Waals surface area contributed by atoms with Gasteiger partial charge >= 0.3 is 0 Å². The first kappa shape index (κ1) is 17.8. The van der Waals surface area contributed by atoms with Crippen molar-refractivity contribution in [3.8, 4) is 5.75 Å². The maximum absolute atomic E-state index is 5.58. The van der Waals surface area contributed by atoms with Gasteiger partial charge < -0.3 is 19.8 Å². The molecule has 2 rings (SSSR count). The Morgan fingerprint density at radius 2 is 2.08 bits per heavy atom. The molecule has 0 unspecified atom stereocenters. The van der Waals surface area contributed by atoms with Crippen molar-refractivity contribution in [2.75, 3.05) is 13.2 Å². The fourth-order valence-corrected chi connectivity index (χ4v) is 2.19. The van der Waals surface area contributed by atoms with Crippen molar-refractivity contribution < 1.29 is 9.15 Å². The van der Waals surface area contributed by atoms with Crippen molar-refractivity contribution >= 4 is 5.96 Å². The number of aromatic nitrogens is 1. The number of oxazole rings is 1. The Morgan fingerprint density at radius 3 is 2.75 bits per heavy atom. The molecular weight excluding hydrogens is 304 g/mol. The summed E-state index contributed by atoms with van der Waals surface area (Å²) < 4.78 is 11.1. The molecule has 0 spiro atoms. The smallest absolute Gasteiger partial charge is 0.214 e. The van der Waals surface area contributed by atoms with Crippen LogP contribution in [0.4, 0.5) is 0 Å². The van der Waals surface area contributed by atoms with E-state index in [9.17, 15) is 0 Å². The molecule has 0 aliphatic rings. The number of aryl methyl sites for hydroxylation is 2. The Hall–Kier alpha value is -2.50. The van der Waals surface area contributed by atoms with Gasteiger partial charge in [-0.3, -0.25) is 0 Å². The Bertz CT molecular complexity index is 660. The minimum absolute atomic E-state index is 0.500. The lowest BCUT2D eigenvalue weighted by Crippen LogP contribution is -2.36. The first-order valence-corrected chi connectivity index (χ1v) is 8.29. The number of rotatable bonds is 7. The maximum Gasteiger partial charge on any atom is 0.214 e. The van der Waals surface area contributed by atoms with Crippen LogP contribution in [0.25, 0.3) is 0 Å². The van der Waals surface area contributed by atoms with E-state index in [0.717, 1.165) is 35.3 Å². The summed E-state index contributed by atoms with van der Waals surface area (Å²) >= 11 is 0. The number of hydrogen-bond acceptors (Lipinski definition) is 4. The molecule has 2 aromatic rings. The van der Waals surface area contributed by atoms with Gasteiger partial charge in [0.2, 0.25) is 5.89 Å². The van der Waals surface area contributed by atoms with Crippen LogP contribution in [0.1, 0.15) is 36.8 Å². The first-order valence-electron chi connectivity index (χ1n) is 8.29. The number of aliphatic imine (C=N–C) groups is 1. The molecule has 6 nitrogen and oxygen atoms in total. The van der Waals surface area contributed by atoms with E-state index in [1.807, 2.05) is 52.0 Å². The zero-order valence-electron chi connectivity index (χ0n) is 14.8. The summed E-state index contributed by atoms with van der Waals surface area (Å²) in [5, 5.41) is 6.46. The van der Waals surface area contributed by atoms with Crippen LogP contribution in [0.3, 0.4) is 0 Å². The molecule has 1 heterocycles. The second-order valence-corrected chi connectivity index (χ2v) is 5.38. The number of benzene rings is 1. The molecule has 0 atom stereocenters. The molecule has 6 heteroatoms. The molecule has 0 saturated heterocycles. The molecule has 130 valence electrons. The van der Waals surface area contributed by atoms with Gasteiger partial charge in [0, 0.05) is 6.54 Å². The van der Waals surface area contributed by atoms with Gasteiger partial charge in [-0.25, -0.2) is 9.98 Å². The van der Waals surface area contributed by atoms with E-state index in [-0.39, 0.29) is 0 Å². The lowest BCUT2D eigenvalue weighted by atomic mass is 10.2. The van der Waals surface area contributed by atoms with Crippen molar-refractivity contribution in [3.05, 3.63) is 47.2 Å². The molecule has 1 aromatic heterocycles.